The number of benzene rings is 2. The van der Waals surface area contributed by atoms with Crippen LogP contribution in [-0.2, 0) is 4.79 Å². The number of allylic oxidation sites excluding steroid dienone is 2. The number of hydrogen-bond acceptors (Lipinski definition) is 5. The molecular formula is C21H15NO5S2. The molecule has 1 saturated heterocycles. The molecule has 0 spiro atoms. The van der Waals surface area contributed by atoms with Crippen LogP contribution < -0.4 is 4.90 Å². The van der Waals surface area contributed by atoms with Gasteiger partial charge in [-0.15, -0.1) is 0 Å². The maximum Gasteiger partial charge on any atom is 0.335 e. The topological polar surface area (TPSA) is 94.9 Å². The van der Waals surface area contributed by atoms with Crippen molar-refractivity contribution < 1.29 is 24.6 Å². The number of amides is 1. The molecule has 2 aromatic rings. The fourth-order valence-electron chi connectivity index (χ4n) is 2.74. The lowest BCUT2D eigenvalue weighted by Crippen LogP contribution is -2.28. The van der Waals surface area contributed by atoms with Gasteiger partial charge in [-0.05, 0) is 42.3 Å². The molecule has 0 atom stereocenters. The third-order valence-electron chi connectivity index (χ3n) is 4.02. The van der Waals surface area contributed by atoms with Crippen LogP contribution in [0.4, 0.5) is 5.69 Å². The van der Waals surface area contributed by atoms with E-state index in [1.807, 2.05) is 43.3 Å². The third kappa shape index (κ3) is 4.61. The van der Waals surface area contributed by atoms with Crippen LogP contribution in [0.2, 0.25) is 0 Å². The summed E-state index contributed by atoms with van der Waals surface area (Å²) in [7, 11) is 0. The summed E-state index contributed by atoms with van der Waals surface area (Å²) in [5.41, 5.74) is 1.45. The van der Waals surface area contributed by atoms with E-state index in [1.54, 1.807) is 6.08 Å². The number of rotatable bonds is 5. The van der Waals surface area contributed by atoms with Gasteiger partial charge in [-0.2, -0.15) is 0 Å². The summed E-state index contributed by atoms with van der Waals surface area (Å²) in [6.45, 7) is 1.85. The van der Waals surface area contributed by atoms with Crippen molar-refractivity contribution in [2.45, 2.75) is 6.92 Å². The van der Waals surface area contributed by atoms with Crippen molar-refractivity contribution in [3.63, 3.8) is 0 Å². The Labute approximate surface area is 176 Å². The summed E-state index contributed by atoms with van der Waals surface area (Å²) in [4.78, 5) is 37.1. The van der Waals surface area contributed by atoms with Crippen LogP contribution in [-0.4, -0.2) is 32.4 Å². The maximum atomic E-state index is 12.9. The zero-order valence-electron chi connectivity index (χ0n) is 15.2. The number of anilines is 1. The highest BCUT2D eigenvalue weighted by atomic mass is 32.2. The first kappa shape index (κ1) is 20.5. The van der Waals surface area contributed by atoms with Crippen molar-refractivity contribution in [2.75, 3.05) is 4.90 Å². The minimum atomic E-state index is -1.29. The molecule has 0 aromatic heterocycles. The maximum absolute atomic E-state index is 12.9. The average molecular weight is 425 g/mol. The lowest BCUT2D eigenvalue weighted by Gasteiger charge is -2.16. The zero-order valence-corrected chi connectivity index (χ0v) is 16.8. The Morgan fingerprint density at radius 1 is 1.03 bits per heavy atom. The minimum Gasteiger partial charge on any atom is -0.478 e. The van der Waals surface area contributed by atoms with E-state index in [1.165, 1.54) is 12.1 Å². The van der Waals surface area contributed by atoms with Gasteiger partial charge in [-0.3, -0.25) is 9.69 Å². The number of thiocarbonyl (C=S) groups is 1. The van der Waals surface area contributed by atoms with E-state index >= 15 is 0 Å². The molecule has 2 aromatic carbocycles. The first-order valence-electron chi connectivity index (χ1n) is 8.39. The number of aromatic carboxylic acids is 2. The monoisotopic (exact) mass is 425 g/mol. The molecule has 1 heterocycles. The Morgan fingerprint density at radius 2 is 1.62 bits per heavy atom. The predicted molar refractivity (Wildman–Crippen MR) is 116 cm³/mol. The number of carbonyl (C=O) groups excluding carboxylic acids is 1. The predicted octanol–water partition coefficient (Wildman–Crippen LogP) is 4.44. The zero-order chi connectivity index (χ0) is 21.1. The second-order valence-corrected chi connectivity index (χ2v) is 7.87. The lowest BCUT2D eigenvalue weighted by atomic mass is 10.1. The first-order chi connectivity index (χ1) is 13.8. The van der Waals surface area contributed by atoms with Crippen LogP contribution in [0.1, 0.15) is 33.2 Å². The molecule has 146 valence electrons. The van der Waals surface area contributed by atoms with Gasteiger partial charge in [0.25, 0.3) is 5.91 Å². The highest BCUT2D eigenvalue weighted by Crippen LogP contribution is 2.36. The van der Waals surface area contributed by atoms with Crippen molar-refractivity contribution in [3.05, 3.63) is 81.8 Å². The van der Waals surface area contributed by atoms with E-state index in [-0.39, 0.29) is 21.1 Å². The smallest absolute Gasteiger partial charge is 0.335 e. The van der Waals surface area contributed by atoms with Crippen LogP contribution in [0.3, 0.4) is 0 Å². The second kappa shape index (κ2) is 8.42. The molecule has 0 saturated carbocycles. The van der Waals surface area contributed by atoms with Gasteiger partial charge in [-0.1, -0.05) is 60.4 Å². The van der Waals surface area contributed by atoms with E-state index in [9.17, 15) is 24.6 Å². The fourth-order valence-corrected chi connectivity index (χ4v) is 4.09. The fraction of sp³-hybridized carbons (Fsp3) is 0.0476. The van der Waals surface area contributed by atoms with E-state index in [2.05, 4.69) is 0 Å². The van der Waals surface area contributed by atoms with Gasteiger partial charge in [0.2, 0.25) is 0 Å². The van der Waals surface area contributed by atoms with Crippen molar-refractivity contribution in [1.29, 1.82) is 0 Å². The van der Waals surface area contributed by atoms with Crippen LogP contribution in [0.25, 0.3) is 6.08 Å². The molecule has 1 amide bonds. The van der Waals surface area contributed by atoms with E-state index in [0.717, 1.165) is 33.9 Å². The van der Waals surface area contributed by atoms with Crippen molar-refractivity contribution in [3.8, 4) is 0 Å². The molecule has 1 aliphatic rings. The van der Waals surface area contributed by atoms with Crippen molar-refractivity contribution >= 4 is 57.9 Å². The Kier molecular flexibility index (Phi) is 5.95. The average Bonchev–Trinajstić information content (AvgIpc) is 2.95. The molecule has 3 rings (SSSR count). The summed E-state index contributed by atoms with van der Waals surface area (Å²) in [5, 5.41) is 18.5. The SMILES string of the molecule is CC(/C=C1\SC(=S)N(c2cc(C(=O)O)cc(C(=O)O)c2)C1=O)=C\c1ccccc1. The van der Waals surface area contributed by atoms with Crippen molar-refractivity contribution in [1.82, 2.24) is 0 Å². The Hall–Kier alpha value is -3.23. The third-order valence-corrected chi connectivity index (χ3v) is 5.32. The Bertz CT molecular complexity index is 1060. The molecule has 6 nitrogen and oxygen atoms in total. The Balaban J connectivity index is 1.96. The van der Waals surface area contributed by atoms with E-state index in [4.69, 9.17) is 12.2 Å². The molecule has 1 aliphatic heterocycles. The molecule has 0 radical (unpaired) electrons. The minimum absolute atomic E-state index is 0.109. The van der Waals surface area contributed by atoms with Crippen LogP contribution >= 0.6 is 24.0 Å². The highest BCUT2D eigenvalue weighted by Gasteiger charge is 2.34. The molecule has 2 N–H and O–H groups in total. The van der Waals surface area contributed by atoms with Crippen LogP contribution in [0.5, 0.6) is 0 Å². The summed E-state index contributed by atoms with van der Waals surface area (Å²) >= 11 is 6.37. The number of nitrogens with zero attached hydrogens (tertiary/aromatic N) is 1. The molecule has 0 bridgehead atoms. The van der Waals surface area contributed by atoms with Gasteiger partial charge >= 0.3 is 11.9 Å². The summed E-state index contributed by atoms with van der Waals surface area (Å²) < 4.78 is 0.202. The molecule has 0 aliphatic carbocycles. The largest absolute Gasteiger partial charge is 0.478 e. The van der Waals surface area contributed by atoms with Gasteiger partial charge in [0.15, 0.2) is 4.32 Å². The quantitative estimate of drug-likeness (QED) is 0.540. The normalized spacial score (nSPS) is 15.8. The lowest BCUT2D eigenvalue weighted by molar-refractivity contribution is -0.113. The second-order valence-electron chi connectivity index (χ2n) is 6.20. The van der Waals surface area contributed by atoms with Crippen LogP contribution in [0, 0.1) is 0 Å². The first-order valence-corrected chi connectivity index (χ1v) is 9.61. The number of carboxylic acids is 2. The standard InChI is InChI=1S/C21H15NO5S2/c1-12(7-13-5-3-2-4-6-13)8-17-18(23)22(21(28)29-17)16-10-14(19(24)25)9-15(11-16)20(26)27/h2-11H,1H3,(H,24,25)(H,26,27)/b12-7+,17-8-. The molecule has 1 fully saturated rings. The number of carbonyl (C=O) groups is 3. The molecule has 0 unspecified atom stereocenters. The molecule has 29 heavy (non-hydrogen) atoms. The Morgan fingerprint density at radius 3 is 2.17 bits per heavy atom. The van der Waals surface area contributed by atoms with Crippen molar-refractivity contribution in [2.24, 2.45) is 0 Å². The van der Waals surface area contributed by atoms with Crippen LogP contribution in [0.15, 0.2) is 65.1 Å². The number of thioether (sulfide) groups is 1. The number of hydrogen-bond donors (Lipinski definition) is 2. The van der Waals surface area contributed by atoms with Gasteiger partial charge in [0, 0.05) is 0 Å². The van der Waals surface area contributed by atoms with Gasteiger partial charge in [0.05, 0.1) is 21.7 Å². The number of carboxylic acid groups (broad SMARTS) is 2. The van der Waals surface area contributed by atoms with Gasteiger partial charge in [0.1, 0.15) is 0 Å². The highest BCUT2D eigenvalue weighted by molar-refractivity contribution is 8.27. The summed E-state index contributed by atoms with van der Waals surface area (Å²) in [6, 6.07) is 13.1. The van der Waals surface area contributed by atoms with Gasteiger partial charge < -0.3 is 10.2 Å². The molecule has 8 heteroatoms. The molecular weight excluding hydrogens is 410 g/mol. The summed E-state index contributed by atoms with van der Waals surface area (Å²) in [6.07, 6.45) is 3.62. The van der Waals surface area contributed by atoms with Gasteiger partial charge in [-0.25, -0.2) is 9.59 Å². The van der Waals surface area contributed by atoms with E-state index in [0.29, 0.717) is 4.91 Å². The van der Waals surface area contributed by atoms with E-state index < -0.39 is 17.8 Å². The summed E-state index contributed by atoms with van der Waals surface area (Å²) in [5.74, 6) is -3.02.